The van der Waals surface area contributed by atoms with Crippen LogP contribution in [-0.2, 0) is 4.79 Å². The second-order valence-electron chi connectivity index (χ2n) is 5.24. The van der Waals surface area contributed by atoms with Crippen LogP contribution < -0.4 is 11.1 Å². The van der Waals surface area contributed by atoms with Crippen molar-refractivity contribution in [2.45, 2.75) is 25.9 Å². The molecule has 5 heteroatoms. The molecular weight excluding hydrogens is 264 g/mol. The quantitative estimate of drug-likeness (QED) is 0.845. The predicted octanol–water partition coefficient (Wildman–Crippen LogP) is 1.67. The lowest BCUT2D eigenvalue weighted by Crippen LogP contribution is -2.47. The summed E-state index contributed by atoms with van der Waals surface area (Å²) in [6.07, 6.45) is 3.38. The first-order valence-electron chi connectivity index (χ1n) is 6.97. The van der Waals surface area contributed by atoms with Crippen molar-refractivity contribution in [2.75, 3.05) is 0 Å². The number of nitrogens with two attached hydrogens (primary N) is 1. The summed E-state index contributed by atoms with van der Waals surface area (Å²) in [5.41, 5.74) is 6.50. The third kappa shape index (κ3) is 3.86. The van der Waals surface area contributed by atoms with Crippen molar-refractivity contribution in [1.82, 2.24) is 15.3 Å². The molecule has 110 valence electrons. The van der Waals surface area contributed by atoms with E-state index >= 15 is 0 Å². The van der Waals surface area contributed by atoms with Crippen LogP contribution in [0.15, 0.2) is 48.8 Å². The number of hydrogen-bond acceptors (Lipinski definition) is 4. The van der Waals surface area contributed by atoms with Crippen molar-refractivity contribution in [2.24, 2.45) is 11.7 Å². The molecule has 0 aliphatic heterocycles. The molecule has 5 nitrogen and oxygen atoms in total. The Morgan fingerprint density at radius 1 is 1.10 bits per heavy atom. The SMILES string of the molecule is CC(C)[C@H](NC(c1ccccc1)c1ncccn1)C(N)=O. The Bertz CT molecular complexity index is 532. The molecule has 1 heterocycles. The summed E-state index contributed by atoms with van der Waals surface area (Å²) in [7, 11) is 0. The minimum atomic E-state index is -0.445. The van der Waals surface area contributed by atoms with Crippen LogP contribution in [0.2, 0.25) is 0 Å². The van der Waals surface area contributed by atoms with Crippen molar-refractivity contribution in [3.63, 3.8) is 0 Å². The maximum atomic E-state index is 11.7. The highest BCUT2D eigenvalue weighted by Crippen LogP contribution is 2.20. The number of nitrogens with one attached hydrogen (secondary N) is 1. The molecule has 0 radical (unpaired) electrons. The molecule has 2 atom stereocenters. The molecule has 3 N–H and O–H groups in total. The number of nitrogens with zero attached hydrogens (tertiary/aromatic N) is 2. The summed E-state index contributed by atoms with van der Waals surface area (Å²) in [6.45, 7) is 3.91. The van der Waals surface area contributed by atoms with Gasteiger partial charge in [-0.3, -0.25) is 10.1 Å². The topological polar surface area (TPSA) is 80.9 Å². The minimum absolute atomic E-state index is 0.0809. The van der Waals surface area contributed by atoms with E-state index in [0.717, 1.165) is 5.56 Å². The van der Waals surface area contributed by atoms with Gasteiger partial charge in [0.05, 0.1) is 12.1 Å². The Balaban J connectivity index is 2.35. The second kappa shape index (κ2) is 6.95. The molecule has 1 amide bonds. The zero-order valence-electron chi connectivity index (χ0n) is 12.2. The molecule has 0 saturated carbocycles. The van der Waals surface area contributed by atoms with Gasteiger partial charge >= 0.3 is 0 Å². The molecule has 2 aromatic rings. The summed E-state index contributed by atoms with van der Waals surface area (Å²) in [5.74, 6) is 0.329. The van der Waals surface area contributed by atoms with Crippen LogP contribution in [0, 0.1) is 5.92 Å². The molecule has 1 aromatic heterocycles. The van der Waals surface area contributed by atoms with Crippen LogP contribution in [0.25, 0.3) is 0 Å². The zero-order valence-corrected chi connectivity index (χ0v) is 12.2. The summed E-state index contributed by atoms with van der Waals surface area (Å²) >= 11 is 0. The van der Waals surface area contributed by atoms with Crippen molar-refractivity contribution < 1.29 is 4.79 Å². The van der Waals surface area contributed by atoms with Crippen molar-refractivity contribution in [3.05, 3.63) is 60.2 Å². The summed E-state index contributed by atoms with van der Waals surface area (Å²) in [5, 5.41) is 3.29. The van der Waals surface area contributed by atoms with Crippen molar-refractivity contribution in [3.8, 4) is 0 Å². The lowest BCUT2D eigenvalue weighted by molar-refractivity contribution is -0.121. The number of rotatable bonds is 6. The Labute approximate surface area is 124 Å². The van der Waals surface area contributed by atoms with Gasteiger partial charge < -0.3 is 5.73 Å². The molecule has 0 aliphatic rings. The van der Waals surface area contributed by atoms with E-state index in [1.165, 1.54) is 0 Å². The zero-order chi connectivity index (χ0) is 15.2. The molecule has 0 saturated heterocycles. The Kier molecular flexibility index (Phi) is 5.00. The average Bonchev–Trinajstić information content (AvgIpc) is 2.49. The Hall–Kier alpha value is -2.27. The van der Waals surface area contributed by atoms with E-state index in [0.29, 0.717) is 5.82 Å². The smallest absolute Gasteiger partial charge is 0.234 e. The normalized spacial score (nSPS) is 13.9. The standard InChI is InChI=1S/C16H20N4O/c1-11(2)13(15(17)21)20-14(12-7-4-3-5-8-12)16-18-9-6-10-19-16/h3-11,13-14,20H,1-2H3,(H2,17,21)/t13-,14?/m0/s1. The molecule has 21 heavy (non-hydrogen) atoms. The Morgan fingerprint density at radius 3 is 2.24 bits per heavy atom. The molecule has 1 unspecified atom stereocenters. The molecule has 0 spiro atoms. The number of carbonyl (C=O) groups excluding carboxylic acids is 1. The fourth-order valence-electron chi connectivity index (χ4n) is 2.21. The first kappa shape index (κ1) is 15.1. The summed E-state index contributed by atoms with van der Waals surface area (Å²) < 4.78 is 0. The van der Waals surface area contributed by atoms with Crippen LogP contribution in [0.5, 0.6) is 0 Å². The maximum absolute atomic E-state index is 11.7. The van der Waals surface area contributed by atoms with E-state index in [4.69, 9.17) is 5.73 Å². The van der Waals surface area contributed by atoms with Crippen LogP contribution in [0.4, 0.5) is 0 Å². The largest absolute Gasteiger partial charge is 0.368 e. The summed E-state index contributed by atoms with van der Waals surface area (Å²) in [6, 6.07) is 10.8. The lowest BCUT2D eigenvalue weighted by atomic mass is 9.99. The number of carbonyl (C=O) groups is 1. The number of primary amides is 1. The highest BCUT2D eigenvalue weighted by Gasteiger charge is 2.26. The highest BCUT2D eigenvalue weighted by molar-refractivity contribution is 5.80. The second-order valence-corrected chi connectivity index (χ2v) is 5.24. The van der Waals surface area contributed by atoms with Gasteiger partial charge in [-0.2, -0.15) is 0 Å². The number of amides is 1. The number of aromatic nitrogens is 2. The number of benzene rings is 1. The van der Waals surface area contributed by atoms with Gasteiger partial charge in [0.2, 0.25) is 5.91 Å². The molecule has 0 bridgehead atoms. The van der Waals surface area contributed by atoms with E-state index in [9.17, 15) is 4.79 Å². The molecule has 2 rings (SSSR count). The van der Waals surface area contributed by atoms with Crippen LogP contribution in [0.1, 0.15) is 31.3 Å². The minimum Gasteiger partial charge on any atom is -0.368 e. The first-order chi connectivity index (χ1) is 10.1. The molecule has 0 aliphatic carbocycles. The number of hydrogen-bond donors (Lipinski definition) is 2. The average molecular weight is 284 g/mol. The highest BCUT2D eigenvalue weighted by atomic mass is 16.1. The van der Waals surface area contributed by atoms with Gasteiger partial charge in [0.1, 0.15) is 5.82 Å². The molecule has 0 fully saturated rings. The van der Waals surface area contributed by atoms with Gasteiger partial charge in [0, 0.05) is 12.4 Å². The van der Waals surface area contributed by atoms with Gasteiger partial charge in [-0.1, -0.05) is 44.2 Å². The van der Waals surface area contributed by atoms with Gasteiger partial charge in [0.25, 0.3) is 0 Å². The van der Waals surface area contributed by atoms with E-state index < -0.39 is 6.04 Å². The Morgan fingerprint density at radius 2 is 1.71 bits per heavy atom. The van der Waals surface area contributed by atoms with Gasteiger partial charge in [-0.05, 0) is 17.5 Å². The fraction of sp³-hybridized carbons (Fsp3) is 0.312. The van der Waals surface area contributed by atoms with Crippen molar-refractivity contribution >= 4 is 5.91 Å². The monoisotopic (exact) mass is 284 g/mol. The summed E-state index contributed by atoms with van der Waals surface area (Å²) in [4.78, 5) is 20.3. The van der Waals surface area contributed by atoms with E-state index in [1.807, 2.05) is 44.2 Å². The van der Waals surface area contributed by atoms with Crippen LogP contribution in [0.3, 0.4) is 0 Å². The van der Waals surface area contributed by atoms with Crippen LogP contribution in [-0.4, -0.2) is 21.9 Å². The van der Waals surface area contributed by atoms with E-state index in [2.05, 4.69) is 15.3 Å². The van der Waals surface area contributed by atoms with Crippen LogP contribution >= 0.6 is 0 Å². The van der Waals surface area contributed by atoms with Gasteiger partial charge in [-0.15, -0.1) is 0 Å². The van der Waals surface area contributed by atoms with Crippen molar-refractivity contribution in [1.29, 1.82) is 0 Å². The molecule has 1 aromatic carbocycles. The predicted molar refractivity (Wildman–Crippen MR) is 81.3 cm³/mol. The lowest BCUT2D eigenvalue weighted by Gasteiger charge is -2.25. The fourth-order valence-corrected chi connectivity index (χ4v) is 2.21. The maximum Gasteiger partial charge on any atom is 0.234 e. The first-order valence-corrected chi connectivity index (χ1v) is 6.97. The van der Waals surface area contributed by atoms with Gasteiger partial charge in [-0.25, -0.2) is 9.97 Å². The van der Waals surface area contributed by atoms with Gasteiger partial charge in [0.15, 0.2) is 0 Å². The third-order valence-electron chi connectivity index (χ3n) is 3.30. The van der Waals surface area contributed by atoms with E-state index in [1.54, 1.807) is 18.5 Å². The third-order valence-corrected chi connectivity index (χ3v) is 3.30. The molecular formula is C16H20N4O. The van der Waals surface area contributed by atoms with E-state index in [-0.39, 0.29) is 17.9 Å².